The van der Waals surface area contributed by atoms with Crippen molar-refractivity contribution in [3.63, 3.8) is 0 Å². The van der Waals surface area contributed by atoms with Crippen LogP contribution < -0.4 is 0 Å². The van der Waals surface area contributed by atoms with Crippen molar-refractivity contribution in [3.8, 4) is 0 Å². The van der Waals surface area contributed by atoms with Crippen molar-refractivity contribution < 1.29 is 19.1 Å². The molecule has 0 aliphatic heterocycles. The van der Waals surface area contributed by atoms with Crippen molar-refractivity contribution in [3.05, 3.63) is 21.9 Å². The standard InChI is InChI=1S/C16H24O4S/c1-11(2)5-8-19-15(17)13-7-10-21-14(13)16(18)20-9-6-12(3)4/h7,10-12H,5-6,8-9H2,1-4H3. The summed E-state index contributed by atoms with van der Waals surface area (Å²) in [6, 6.07) is 1.61. The van der Waals surface area contributed by atoms with Gasteiger partial charge in [-0.15, -0.1) is 11.3 Å². The normalized spacial score (nSPS) is 11.0. The Balaban J connectivity index is 2.55. The van der Waals surface area contributed by atoms with Gasteiger partial charge in [0.15, 0.2) is 0 Å². The maximum absolute atomic E-state index is 12.0. The minimum Gasteiger partial charge on any atom is -0.462 e. The summed E-state index contributed by atoms with van der Waals surface area (Å²) in [6.07, 6.45) is 1.62. The summed E-state index contributed by atoms with van der Waals surface area (Å²) >= 11 is 1.21. The average molecular weight is 312 g/mol. The number of carbonyl (C=O) groups is 2. The number of esters is 2. The zero-order valence-electron chi connectivity index (χ0n) is 13.2. The van der Waals surface area contributed by atoms with Gasteiger partial charge in [-0.25, -0.2) is 9.59 Å². The highest BCUT2D eigenvalue weighted by Gasteiger charge is 2.21. The van der Waals surface area contributed by atoms with E-state index in [0.29, 0.717) is 35.5 Å². The molecule has 4 nitrogen and oxygen atoms in total. The molecule has 1 rings (SSSR count). The van der Waals surface area contributed by atoms with Crippen LogP contribution in [0.15, 0.2) is 11.4 Å². The van der Waals surface area contributed by atoms with Crippen LogP contribution >= 0.6 is 11.3 Å². The fourth-order valence-corrected chi connectivity index (χ4v) is 2.32. The molecule has 118 valence electrons. The van der Waals surface area contributed by atoms with Crippen molar-refractivity contribution in [2.75, 3.05) is 13.2 Å². The molecular formula is C16H24O4S. The molecule has 1 heterocycles. The Morgan fingerprint density at radius 2 is 1.52 bits per heavy atom. The largest absolute Gasteiger partial charge is 0.462 e. The van der Waals surface area contributed by atoms with Gasteiger partial charge in [0.25, 0.3) is 0 Å². The van der Waals surface area contributed by atoms with Gasteiger partial charge in [0.05, 0.1) is 18.8 Å². The molecule has 0 radical (unpaired) electrons. The summed E-state index contributed by atoms with van der Waals surface area (Å²) in [5.41, 5.74) is 0.304. The van der Waals surface area contributed by atoms with Gasteiger partial charge < -0.3 is 9.47 Å². The van der Waals surface area contributed by atoms with Gasteiger partial charge in [-0.3, -0.25) is 0 Å². The molecule has 1 aromatic rings. The third-order valence-corrected chi connectivity index (χ3v) is 3.82. The van der Waals surface area contributed by atoms with Crippen LogP contribution in [0.25, 0.3) is 0 Å². The van der Waals surface area contributed by atoms with E-state index < -0.39 is 11.9 Å². The first kappa shape index (κ1) is 17.7. The van der Waals surface area contributed by atoms with Crippen LogP contribution in [0.5, 0.6) is 0 Å². The molecule has 1 aromatic heterocycles. The first-order valence-corrected chi connectivity index (χ1v) is 8.21. The van der Waals surface area contributed by atoms with Crippen molar-refractivity contribution in [2.45, 2.75) is 40.5 Å². The predicted molar refractivity (Wildman–Crippen MR) is 83.8 cm³/mol. The Hall–Kier alpha value is -1.36. The van der Waals surface area contributed by atoms with E-state index >= 15 is 0 Å². The maximum Gasteiger partial charge on any atom is 0.349 e. The Morgan fingerprint density at radius 1 is 1.00 bits per heavy atom. The lowest BCUT2D eigenvalue weighted by molar-refractivity contribution is 0.0445. The number of ether oxygens (including phenoxy) is 2. The molecule has 0 unspecified atom stereocenters. The van der Waals surface area contributed by atoms with Crippen LogP contribution in [-0.2, 0) is 9.47 Å². The van der Waals surface area contributed by atoms with E-state index in [-0.39, 0.29) is 0 Å². The lowest BCUT2D eigenvalue weighted by Crippen LogP contribution is -2.13. The van der Waals surface area contributed by atoms with E-state index in [1.807, 2.05) is 0 Å². The summed E-state index contributed by atoms with van der Waals surface area (Å²) in [5, 5.41) is 1.71. The maximum atomic E-state index is 12.0. The SMILES string of the molecule is CC(C)CCOC(=O)c1ccsc1C(=O)OCCC(C)C. The van der Waals surface area contributed by atoms with Crippen molar-refractivity contribution in [2.24, 2.45) is 11.8 Å². The lowest BCUT2D eigenvalue weighted by Gasteiger charge is -2.08. The molecule has 0 amide bonds. The number of rotatable bonds is 8. The second kappa shape index (κ2) is 8.82. The van der Waals surface area contributed by atoms with Crippen LogP contribution in [0.2, 0.25) is 0 Å². The number of thiophene rings is 1. The number of hydrogen-bond acceptors (Lipinski definition) is 5. The summed E-state index contributed by atoms with van der Waals surface area (Å²) < 4.78 is 10.4. The van der Waals surface area contributed by atoms with Crippen LogP contribution in [0.4, 0.5) is 0 Å². The van der Waals surface area contributed by atoms with Gasteiger partial charge in [-0.2, -0.15) is 0 Å². The topological polar surface area (TPSA) is 52.6 Å². The number of carbonyl (C=O) groups excluding carboxylic acids is 2. The van der Waals surface area contributed by atoms with Gasteiger partial charge in [-0.1, -0.05) is 27.7 Å². The molecule has 0 aliphatic carbocycles. The summed E-state index contributed by atoms with van der Waals surface area (Å²) in [5.74, 6) is 0.0523. The van der Waals surface area contributed by atoms with Crippen LogP contribution in [0, 0.1) is 11.8 Å². The highest BCUT2D eigenvalue weighted by Crippen LogP contribution is 2.19. The minimum atomic E-state index is -0.451. The van der Waals surface area contributed by atoms with Crippen molar-refractivity contribution in [1.82, 2.24) is 0 Å². The van der Waals surface area contributed by atoms with Gasteiger partial charge in [0, 0.05) is 0 Å². The van der Waals surface area contributed by atoms with Gasteiger partial charge >= 0.3 is 11.9 Å². The second-order valence-corrected chi connectivity index (χ2v) is 6.72. The minimum absolute atomic E-state index is 0.304. The van der Waals surface area contributed by atoms with E-state index in [1.54, 1.807) is 11.4 Å². The van der Waals surface area contributed by atoms with Crippen molar-refractivity contribution in [1.29, 1.82) is 0 Å². The summed E-state index contributed by atoms with van der Waals surface area (Å²) in [7, 11) is 0. The first-order valence-electron chi connectivity index (χ1n) is 7.33. The Kier molecular flexibility index (Phi) is 7.43. The van der Waals surface area contributed by atoms with E-state index in [2.05, 4.69) is 27.7 Å². The molecular weight excluding hydrogens is 288 g/mol. The molecule has 0 saturated carbocycles. The first-order chi connectivity index (χ1) is 9.91. The zero-order chi connectivity index (χ0) is 15.8. The second-order valence-electron chi connectivity index (χ2n) is 5.80. The van der Waals surface area contributed by atoms with Gasteiger partial charge in [0.2, 0.25) is 0 Å². The van der Waals surface area contributed by atoms with Crippen LogP contribution in [-0.4, -0.2) is 25.2 Å². The van der Waals surface area contributed by atoms with E-state index in [1.165, 1.54) is 11.3 Å². The third kappa shape index (κ3) is 6.29. The van der Waals surface area contributed by atoms with E-state index in [9.17, 15) is 9.59 Å². The highest BCUT2D eigenvalue weighted by atomic mass is 32.1. The summed E-state index contributed by atoms with van der Waals surface area (Å²) in [6.45, 7) is 9.00. The van der Waals surface area contributed by atoms with Gasteiger partial charge in [0.1, 0.15) is 4.88 Å². The molecule has 0 spiro atoms. The fraction of sp³-hybridized carbons (Fsp3) is 0.625. The molecule has 21 heavy (non-hydrogen) atoms. The zero-order valence-corrected chi connectivity index (χ0v) is 14.0. The number of hydrogen-bond donors (Lipinski definition) is 0. The molecule has 0 aliphatic rings. The van der Waals surface area contributed by atoms with E-state index in [0.717, 1.165) is 12.8 Å². The lowest BCUT2D eigenvalue weighted by atomic mass is 10.1. The molecule has 0 saturated heterocycles. The predicted octanol–water partition coefficient (Wildman–Crippen LogP) is 4.15. The smallest absolute Gasteiger partial charge is 0.349 e. The fourth-order valence-electron chi connectivity index (χ4n) is 1.55. The van der Waals surface area contributed by atoms with Gasteiger partial charge in [-0.05, 0) is 36.1 Å². The third-order valence-electron chi connectivity index (χ3n) is 2.93. The Morgan fingerprint density at radius 3 is 2.05 bits per heavy atom. The Labute approximate surface area is 130 Å². The summed E-state index contributed by atoms with van der Waals surface area (Å²) in [4.78, 5) is 24.3. The molecule has 0 atom stereocenters. The Bertz CT molecular complexity index is 422. The molecule has 0 aromatic carbocycles. The van der Waals surface area contributed by atoms with Crippen LogP contribution in [0.1, 0.15) is 60.6 Å². The molecule has 0 fully saturated rings. The molecule has 0 N–H and O–H groups in total. The average Bonchev–Trinajstić information content (AvgIpc) is 2.86. The van der Waals surface area contributed by atoms with E-state index in [4.69, 9.17) is 9.47 Å². The molecule has 0 bridgehead atoms. The van der Waals surface area contributed by atoms with Crippen LogP contribution in [0.3, 0.4) is 0 Å². The van der Waals surface area contributed by atoms with Crippen molar-refractivity contribution >= 4 is 23.3 Å². The highest BCUT2D eigenvalue weighted by molar-refractivity contribution is 7.12. The monoisotopic (exact) mass is 312 g/mol. The quantitative estimate of drug-likeness (QED) is 0.677. The molecule has 5 heteroatoms.